The van der Waals surface area contributed by atoms with Gasteiger partial charge >= 0.3 is 5.97 Å². The van der Waals surface area contributed by atoms with Crippen LogP contribution in [0.3, 0.4) is 0 Å². The topological polar surface area (TPSA) is 116 Å². The number of fused-ring (bicyclic) bond motifs is 1. The van der Waals surface area contributed by atoms with Crippen LogP contribution in [0.2, 0.25) is 0 Å². The van der Waals surface area contributed by atoms with Gasteiger partial charge in [-0.1, -0.05) is 23.5 Å². The molecule has 40 heavy (non-hydrogen) atoms. The molecule has 0 spiro atoms. The van der Waals surface area contributed by atoms with E-state index >= 15 is 0 Å². The lowest BCUT2D eigenvalue weighted by atomic mass is 9.95. The van der Waals surface area contributed by atoms with Gasteiger partial charge in [0.15, 0.2) is 4.80 Å². The number of methoxy groups -OCH3 is 1. The Kier molecular flexibility index (Phi) is 7.83. The average molecular weight is 563 g/mol. The van der Waals surface area contributed by atoms with E-state index in [9.17, 15) is 19.7 Å². The molecule has 3 aromatic rings. The Morgan fingerprint density at radius 2 is 1.98 bits per heavy atom. The van der Waals surface area contributed by atoms with Crippen molar-refractivity contribution >= 4 is 34.8 Å². The van der Waals surface area contributed by atoms with Gasteiger partial charge in [0.1, 0.15) is 5.75 Å². The second-order valence-electron chi connectivity index (χ2n) is 9.63. The van der Waals surface area contributed by atoms with Crippen LogP contribution in [0.1, 0.15) is 50.3 Å². The van der Waals surface area contributed by atoms with Crippen LogP contribution >= 0.6 is 11.3 Å². The van der Waals surface area contributed by atoms with Crippen LogP contribution in [0, 0.1) is 10.1 Å². The molecule has 10 nitrogen and oxygen atoms in total. The van der Waals surface area contributed by atoms with Crippen molar-refractivity contribution in [2.45, 2.75) is 39.2 Å². The molecule has 3 heterocycles. The minimum absolute atomic E-state index is 0.0468. The van der Waals surface area contributed by atoms with E-state index in [0.29, 0.717) is 31.9 Å². The number of carbonyl (C=O) groups is 1. The molecule has 11 heteroatoms. The zero-order chi connectivity index (χ0) is 28.4. The summed E-state index contributed by atoms with van der Waals surface area (Å²) < 4.78 is 12.6. The monoisotopic (exact) mass is 562 g/mol. The maximum Gasteiger partial charge on any atom is 0.338 e. The molecule has 208 valence electrons. The largest absolute Gasteiger partial charge is 0.497 e. The molecule has 0 bridgehead atoms. The first kappa shape index (κ1) is 27.3. The minimum atomic E-state index is -0.778. The highest BCUT2D eigenvalue weighted by atomic mass is 32.1. The van der Waals surface area contributed by atoms with E-state index in [1.165, 1.54) is 28.0 Å². The number of nitro groups is 1. The van der Waals surface area contributed by atoms with Gasteiger partial charge in [-0.15, -0.1) is 0 Å². The second kappa shape index (κ2) is 11.5. The van der Waals surface area contributed by atoms with Crippen molar-refractivity contribution in [3.05, 3.63) is 94.7 Å². The van der Waals surface area contributed by atoms with Gasteiger partial charge in [0.05, 0.1) is 40.5 Å². The van der Waals surface area contributed by atoms with E-state index in [1.807, 2.05) is 6.07 Å². The number of benzene rings is 2. The van der Waals surface area contributed by atoms with Crippen molar-refractivity contribution in [2.24, 2.45) is 4.99 Å². The molecule has 1 aromatic heterocycles. The molecule has 1 fully saturated rings. The number of ether oxygens (including phenoxy) is 2. The highest BCUT2D eigenvalue weighted by molar-refractivity contribution is 7.07. The first-order chi connectivity index (χ1) is 19.3. The van der Waals surface area contributed by atoms with Gasteiger partial charge < -0.3 is 14.4 Å². The summed E-state index contributed by atoms with van der Waals surface area (Å²) >= 11 is 1.19. The van der Waals surface area contributed by atoms with Gasteiger partial charge in [-0.25, -0.2) is 9.79 Å². The van der Waals surface area contributed by atoms with Crippen LogP contribution in [-0.4, -0.2) is 42.3 Å². The van der Waals surface area contributed by atoms with Gasteiger partial charge in [0.2, 0.25) is 0 Å². The van der Waals surface area contributed by atoms with Crippen LogP contribution in [0.5, 0.6) is 5.75 Å². The number of rotatable bonds is 7. The number of esters is 1. The van der Waals surface area contributed by atoms with Gasteiger partial charge in [-0.2, -0.15) is 0 Å². The Bertz CT molecular complexity index is 1680. The highest BCUT2D eigenvalue weighted by Gasteiger charge is 2.33. The summed E-state index contributed by atoms with van der Waals surface area (Å²) in [6, 6.07) is 11.2. The summed E-state index contributed by atoms with van der Waals surface area (Å²) in [5.41, 5.74) is 2.47. The predicted octanol–water partition coefficient (Wildman–Crippen LogP) is 3.71. The number of allylic oxidation sites excluding steroid dienone is 1. The summed E-state index contributed by atoms with van der Waals surface area (Å²) in [4.78, 5) is 45.6. The number of nitro benzene ring substituents is 1. The lowest BCUT2D eigenvalue weighted by Crippen LogP contribution is -2.40. The molecule has 0 amide bonds. The summed E-state index contributed by atoms with van der Waals surface area (Å²) in [6.07, 6.45) is 4.92. The molecular weight excluding hydrogens is 532 g/mol. The molecule has 1 unspecified atom stereocenters. The van der Waals surface area contributed by atoms with Crippen LogP contribution in [0.15, 0.2) is 63.5 Å². The average Bonchev–Trinajstić information content (AvgIpc) is 3.26. The molecule has 0 aliphatic carbocycles. The summed E-state index contributed by atoms with van der Waals surface area (Å²) in [6.45, 7) is 5.32. The summed E-state index contributed by atoms with van der Waals surface area (Å²) in [5, 5.41) is 11.6. The van der Waals surface area contributed by atoms with Crippen molar-refractivity contribution in [1.29, 1.82) is 0 Å². The van der Waals surface area contributed by atoms with Gasteiger partial charge in [-0.05, 0) is 62.9 Å². The second-order valence-corrected chi connectivity index (χ2v) is 10.6. The van der Waals surface area contributed by atoms with E-state index in [1.54, 1.807) is 51.3 Å². The fraction of sp³-hybridized carbons (Fsp3) is 0.345. The van der Waals surface area contributed by atoms with Crippen molar-refractivity contribution in [3.63, 3.8) is 0 Å². The Balaban J connectivity index is 1.72. The molecule has 1 atom stereocenters. The fourth-order valence-corrected chi connectivity index (χ4v) is 6.29. The lowest BCUT2D eigenvalue weighted by molar-refractivity contribution is -0.384. The number of anilines is 1. The SMILES string of the molecule is CCOC(=O)C1=C(C)N=c2s/c(=C\c3cc([N+](=O)[O-])ccc3N3CCCCC3)c(=O)n2C1c1cccc(OC)c1. The van der Waals surface area contributed by atoms with E-state index < -0.39 is 16.9 Å². The molecule has 2 aliphatic rings. The number of hydrogen-bond acceptors (Lipinski definition) is 9. The van der Waals surface area contributed by atoms with Crippen LogP contribution in [0.25, 0.3) is 6.08 Å². The molecule has 2 aliphatic heterocycles. The number of non-ortho nitro benzene ring substituents is 1. The third-order valence-corrected chi connectivity index (χ3v) is 8.11. The van der Waals surface area contributed by atoms with Gasteiger partial charge in [-0.3, -0.25) is 19.5 Å². The number of thiazole rings is 1. The minimum Gasteiger partial charge on any atom is -0.497 e. The maximum atomic E-state index is 14.0. The molecular formula is C29H30N4O6S. The molecule has 2 aromatic carbocycles. The normalized spacial score (nSPS) is 17.3. The zero-order valence-electron chi connectivity index (χ0n) is 22.6. The third kappa shape index (κ3) is 5.16. The zero-order valence-corrected chi connectivity index (χ0v) is 23.4. The fourth-order valence-electron chi connectivity index (χ4n) is 5.25. The Labute approximate surface area is 234 Å². The number of aromatic nitrogens is 1. The Morgan fingerprint density at radius 1 is 1.20 bits per heavy atom. The first-order valence-electron chi connectivity index (χ1n) is 13.2. The Morgan fingerprint density at radius 3 is 2.67 bits per heavy atom. The molecule has 0 N–H and O–H groups in total. The van der Waals surface area contributed by atoms with Crippen molar-refractivity contribution < 1.29 is 19.2 Å². The van der Waals surface area contributed by atoms with Crippen molar-refractivity contribution in [2.75, 3.05) is 31.7 Å². The quantitative estimate of drug-likeness (QED) is 0.245. The third-order valence-electron chi connectivity index (χ3n) is 7.13. The smallest absolute Gasteiger partial charge is 0.338 e. The van der Waals surface area contributed by atoms with Gasteiger partial charge in [0, 0.05) is 36.5 Å². The van der Waals surface area contributed by atoms with Crippen molar-refractivity contribution in [3.8, 4) is 5.75 Å². The molecule has 0 saturated carbocycles. The van der Waals surface area contributed by atoms with E-state index in [-0.39, 0.29) is 23.4 Å². The van der Waals surface area contributed by atoms with Crippen LogP contribution in [0.4, 0.5) is 11.4 Å². The number of piperidine rings is 1. The van der Waals surface area contributed by atoms with Crippen LogP contribution < -0.4 is 24.5 Å². The number of carbonyl (C=O) groups excluding carboxylic acids is 1. The van der Waals surface area contributed by atoms with E-state index in [2.05, 4.69) is 9.89 Å². The van der Waals surface area contributed by atoms with Crippen molar-refractivity contribution in [1.82, 2.24) is 4.57 Å². The van der Waals surface area contributed by atoms with E-state index in [0.717, 1.165) is 38.0 Å². The van der Waals surface area contributed by atoms with E-state index in [4.69, 9.17) is 9.47 Å². The standard InChI is InChI=1S/C29H30N4O6S/c1-4-39-28(35)25-18(2)30-29-32(26(25)19-9-8-10-22(16-19)38-3)27(34)24(40-29)17-20-15-21(33(36)37)11-12-23(20)31-13-6-5-7-14-31/h8-12,15-17,26H,4-7,13-14H2,1-3H3/b24-17-. The first-order valence-corrected chi connectivity index (χ1v) is 14.0. The molecule has 0 radical (unpaired) electrons. The summed E-state index contributed by atoms with van der Waals surface area (Å²) in [7, 11) is 1.55. The van der Waals surface area contributed by atoms with Gasteiger partial charge in [0.25, 0.3) is 11.2 Å². The predicted molar refractivity (Wildman–Crippen MR) is 153 cm³/mol. The molecule has 5 rings (SSSR count). The Hall–Kier alpha value is -4.25. The number of hydrogen-bond donors (Lipinski definition) is 0. The summed E-state index contributed by atoms with van der Waals surface area (Å²) in [5.74, 6) is 0.0391. The molecule has 1 saturated heterocycles. The highest BCUT2D eigenvalue weighted by Crippen LogP contribution is 2.33. The maximum absolute atomic E-state index is 14.0. The number of nitrogens with zero attached hydrogens (tertiary/aromatic N) is 4. The van der Waals surface area contributed by atoms with Crippen LogP contribution in [-0.2, 0) is 9.53 Å². The lowest BCUT2D eigenvalue weighted by Gasteiger charge is -2.30.